The minimum atomic E-state index is -0.323. The average molecular weight is 279 g/mol. The summed E-state index contributed by atoms with van der Waals surface area (Å²) in [4.78, 5) is 27.3. The molecule has 20 heavy (non-hydrogen) atoms. The first-order chi connectivity index (χ1) is 9.72. The quantitative estimate of drug-likeness (QED) is 0.836. The Kier molecular flexibility index (Phi) is 3.68. The van der Waals surface area contributed by atoms with E-state index in [-0.39, 0.29) is 35.5 Å². The summed E-state index contributed by atoms with van der Waals surface area (Å²) in [5, 5.41) is 5.30. The molecule has 1 aromatic rings. The minimum Gasteiger partial charge on any atom is -0.431 e. The minimum absolute atomic E-state index is 0.0682. The molecule has 7 heteroatoms. The van der Waals surface area contributed by atoms with Gasteiger partial charge >= 0.3 is 6.01 Å². The summed E-state index contributed by atoms with van der Waals surface area (Å²) in [6.07, 6.45) is 5.12. The molecule has 1 aliphatic heterocycles. The standard InChI is InChI=1S/C13H17N3O4/c17-11(8-3-4-8)16-13-15-10(7-20-13)12(18)14-6-9-2-1-5-19-9/h7-9H,1-6H2,(H,14,18)(H,15,16,17)/t9-/m0/s1. The van der Waals surface area contributed by atoms with Gasteiger partial charge in [-0.3, -0.25) is 14.9 Å². The summed E-state index contributed by atoms with van der Waals surface area (Å²) in [6, 6.07) is 0.0733. The molecule has 1 aromatic heterocycles. The molecule has 2 aliphatic rings. The number of nitrogens with zero attached hydrogens (tertiary/aromatic N) is 1. The van der Waals surface area contributed by atoms with Gasteiger partial charge in [-0.2, -0.15) is 4.98 Å². The van der Waals surface area contributed by atoms with Crippen LogP contribution in [-0.2, 0) is 9.53 Å². The highest BCUT2D eigenvalue weighted by Crippen LogP contribution is 2.30. The largest absolute Gasteiger partial charge is 0.431 e. The maximum atomic E-state index is 11.8. The van der Waals surface area contributed by atoms with Crippen molar-refractivity contribution < 1.29 is 18.7 Å². The van der Waals surface area contributed by atoms with Crippen LogP contribution in [0.3, 0.4) is 0 Å². The zero-order chi connectivity index (χ0) is 13.9. The number of oxazole rings is 1. The van der Waals surface area contributed by atoms with Crippen LogP contribution < -0.4 is 10.6 Å². The van der Waals surface area contributed by atoms with Crippen molar-refractivity contribution >= 4 is 17.8 Å². The monoisotopic (exact) mass is 279 g/mol. The molecule has 1 atom stereocenters. The van der Waals surface area contributed by atoms with E-state index in [0.717, 1.165) is 32.3 Å². The maximum Gasteiger partial charge on any atom is 0.302 e. The zero-order valence-corrected chi connectivity index (χ0v) is 11.1. The molecule has 1 aliphatic carbocycles. The van der Waals surface area contributed by atoms with Gasteiger partial charge in [-0.15, -0.1) is 0 Å². The van der Waals surface area contributed by atoms with Crippen LogP contribution in [0.1, 0.15) is 36.2 Å². The molecule has 0 bridgehead atoms. The van der Waals surface area contributed by atoms with Gasteiger partial charge in [-0.05, 0) is 25.7 Å². The van der Waals surface area contributed by atoms with Crippen molar-refractivity contribution in [1.29, 1.82) is 0 Å². The van der Waals surface area contributed by atoms with Crippen LogP contribution >= 0.6 is 0 Å². The van der Waals surface area contributed by atoms with Crippen molar-refractivity contribution in [2.24, 2.45) is 5.92 Å². The molecule has 3 rings (SSSR count). The molecule has 1 saturated heterocycles. The molecule has 2 amide bonds. The lowest BCUT2D eigenvalue weighted by Gasteiger charge is -2.09. The predicted molar refractivity (Wildman–Crippen MR) is 69.2 cm³/mol. The van der Waals surface area contributed by atoms with Gasteiger partial charge in [0.05, 0.1) is 6.10 Å². The lowest BCUT2D eigenvalue weighted by atomic mass is 10.2. The SMILES string of the molecule is O=C(NC[C@@H]1CCCO1)c1coc(NC(=O)C2CC2)n1. The van der Waals surface area contributed by atoms with E-state index in [1.165, 1.54) is 6.26 Å². The third-order valence-corrected chi connectivity index (χ3v) is 3.43. The second-order valence-corrected chi connectivity index (χ2v) is 5.15. The van der Waals surface area contributed by atoms with Gasteiger partial charge in [0.2, 0.25) is 5.91 Å². The van der Waals surface area contributed by atoms with Crippen molar-refractivity contribution in [2.45, 2.75) is 31.8 Å². The topological polar surface area (TPSA) is 93.5 Å². The van der Waals surface area contributed by atoms with E-state index in [4.69, 9.17) is 9.15 Å². The van der Waals surface area contributed by atoms with Crippen LogP contribution in [0.2, 0.25) is 0 Å². The zero-order valence-electron chi connectivity index (χ0n) is 11.1. The first kappa shape index (κ1) is 13.1. The van der Waals surface area contributed by atoms with Crippen molar-refractivity contribution in [1.82, 2.24) is 10.3 Å². The molecule has 108 valence electrons. The third-order valence-electron chi connectivity index (χ3n) is 3.43. The van der Waals surface area contributed by atoms with Gasteiger partial charge in [0.1, 0.15) is 6.26 Å². The number of rotatable bonds is 5. The molecule has 7 nitrogen and oxygen atoms in total. The van der Waals surface area contributed by atoms with Crippen molar-refractivity contribution in [2.75, 3.05) is 18.5 Å². The van der Waals surface area contributed by atoms with Crippen molar-refractivity contribution in [3.05, 3.63) is 12.0 Å². The fraction of sp³-hybridized carbons (Fsp3) is 0.615. The molecule has 0 spiro atoms. The third kappa shape index (κ3) is 3.16. The summed E-state index contributed by atoms with van der Waals surface area (Å²) in [7, 11) is 0. The molecule has 0 aromatic carbocycles. The summed E-state index contributed by atoms with van der Waals surface area (Å²) in [5.41, 5.74) is 0.161. The number of aromatic nitrogens is 1. The van der Waals surface area contributed by atoms with Crippen LogP contribution in [0.25, 0.3) is 0 Å². The lowest BCUT2D eigenvalue weighted by Crippen LogP contribution is -2.31. The van der Waals surface area contributed by atoms with E-state index < -0.39 is 0 Å². The average Bonchev–Trinajstić information content (AvgIpc) is 2.98. The van der Waals surface area contributed by atoms with Crippen LogP contribution in [0, 0.1) is 5.92 Å². The van der Waals surface area contributed by atoms with E-state index in [1.807, 2.05) is 0 Å². The first-order valence-corrected chi connectivity index (χ1v) is 6.88. The van der Waals surface area contributed by atoms with E-state index in [9.17, 15) is 9.59 Å². The van der Waals surface area contributed by atoms with Crippen LogP contribution in [-0.4, -0.2) is 36.1 Å². The Bertz CT molecular complexity index is 503. The molecule has 0 unspecified atom stereocenters. The first-order valence-electron chi connectivity index (χ1n) is 6.88. The smallest absolute Gasteiger partial charge is 0.302 e. The summed E-state index contributed by atoms with van der Waals surface area (Å²) in [5.74, 6) is -0.354. The lowest BCUT2D eigenvalue weighted by molar-refractivity contribution is -0.117. The Labute approximate surface area is 116 Å². The maximum absolute atomic E-state index is 11.8. The van der Waals surface area contributed by atoms with Crippen LogP contribution in [0.4, 0.5) is 6.01 Å². The molecule has 1 saturated carbocycles. The second-order valence-electron chi connectivity index (χ2n) is 5.15. The molecule has 0 radical (unpaired) electrons. The Morgan fingerprint density at radius 3 is 2.90 bits per heavy atom. The van der Waals surface area contributed by atoms with Crippen LogP contribution in [0.15, 0.2) is 10.7 Å². The number of carbonyl (C=O) groups excluding carboxylic acids is 2. The Morgan fingerprint density at radius 2 is 2.20 bits per heavy atom. The normalized spacial score (nSPS) is 21.7. The number of amides is 2. The summed E-state index contributed by atoms with van der Waals surface area (Å²) >= 11 is 0. The molecular weight excluding hydrogens is 262 g/mol. The highest BCUT2D eigenvalue weighted by molar-refractivity contribution is 5.94. The van der Waals surface area contributed by atoms with Gasteiger partial charge in [0.25, 0.3) is 5.91 Å². The van der Waals surface area contributed by atoms with Gasteiger partial charge in [-0.25, -0.2) is 0 Å². The molecule has 2 fully saturated rings. The van der Waals surface area contributed by atoms with E-state index in [0.29, 0.717) is 6.54 Å². The number of hydrogen-bond donors (Lipinski definition) is 2. The highest BCUT2D eigenvalue weighted by Gasteiger charge is 2.30. The second kappa shape index (κ2) is 5.62. The van der Waals surface area contributed by atoms with E-state index in [2.05, 4.69) is 15.6 Å². The summed E-state index contributed by atoms with van der Waals surface area (Å²) < 4.78 is 10.5. The number of anilines is 1. The van der Waals surface area contributed by atoms with Crippen LogP contribution in [0.5, 0.6) is 0 Å². The van der Waals surface area contributed by atoms with Gasteiger partial charge in [-0.1, -0.05) is 0 Å². The fourth-order valence-electron chi connectivity index (χ4n) is 2.09. The Hall–Kier alpha value is -1.89. The Morgan fingerprint density at radius 1 is 1.35 bits per heavy atom. The van der Waals surface area contributed by atoms with Gasteiger partial charge in [0, 0.05) is 19.1 Å². The van der Waals surface area contributed by atoms with Gasteiger partial charge in [0.15, 0.2) is 5.69 Å². The van der Waals surface area contributed by atoms with Gasteiger partial charge < -0.3 is 14.5 Å². The molecular formula is C13H17N3O4. The van der Waals surface area contributed by atoms with Crippen molar-refractivity contribution in [3.8, 4) is 0 Å². The van der Waals surface area contributed by atoms with Crippen molar-refractivity contribution in [3.63, 3.8) is 0 Å². The highest BCUT2D eigenvalue weighted by atomic mass is 16.5. The number of nitrogens with one attached hydrogen (secondary N) is 2. The predicted octanol–water partition coefficient (Wildman–Crippen LogP) is 0.932. The number of ether oxygens (including phenoxy) is 1. The molecule has 2 heterocycles. The van der Waals surface area contributed by atoms with E-state index in [1.54, 1.807) is 0 Å². The number of hydrogen-bond acceptors (Lipinski definition) is 5. The Balaban J connectivity index is 1.49. The fourth-order valence-corrected chi connectivity index (χ4v) is 2.09. The summed E-state index contributed by atoms with van der Waals surface area (Å²) in [6.45, 7) is 1.22. The number of carbonyl (C=O) groups is 2. The molecule has 2 N–H and O–H groups in total. The van der Waals surface area contributed by atoms with E-state index >= 15 is 0 Å².